The predicted octanol–water partition coefficient (Wildman–Crippen LogP) is 2.85. The van der Waals surface area contributed by atoms with E-state index in [1.807, 2.05) is 23.1 Å². The van der Waals surface area contributed by atoms with Gasteiger partial charge in [-0.05, 0) is 63.0 Å². The largest absolute Gasteiger partial charge is 0.343 e. The molecule has 1 aliphatic carbocycles. The monoisotopic (exact) mass is 397 g/mol. The Kier molecular flexibility index (Phi) is 6.86. The minimum Gasteiger partial charge on any atom is -0.343 e. The number of benzene rings is 1. The van der Waals surface area contributed by atoms with Gasteiger partial charge in [0.05, 0.1) is 0 Å². The molecule has 2 aliphatic heterocycles. The molecule has 1 N–H and O–H groups in total. The molecule has 5 nitrogen and oxygen atoms in total. The van der Waals surface area contributed by atoms with E-state index in [1.54, 1.807) is 0 Å². The van der Waals surface area contributed by atoms with E-state index in [4.69, 9.17) is 0 Å². The van der Waals surface area contributed by atoms with Crippen LogP contribution in [0.25, 0.3) is 0 Å². The molecule has 1 aromatic rings. The van der Waals surface area contributed by atoms with E-state index in [-0.39, 0.29) is 11.8 Å². The number of nitrogens with one attached hydrogen (secondary N) is 1. The number of rotatable bonds is 7. The summed E-state index contributed by atoms with van der Waals surface area (Å²) in [6, 6.07) is 10.8. The molecule has 2 saturated heterocycles. The Morgan fingerprint density at radius 1 is 0.862 bits per heavy atom. The SMILES string of the molecule is O=C(CCc1ccccc1)N1CCC(C(=O)N2CCC(NCC3CC3)CC2)CC1. The van der Waals surface area contributed by atoms with Crippen LogP contribution in [0.3, 0.4) is 0 Å². The van der Waals surface area contributed by atoms with Gasteiger partial charge in [0.1, 0.15) is 0 Å². The normalized spacial score (nSPS) is 21.4. The maximum Gasteiger partial charge on any atom is 0.225 e. The molecule has 0 radical (unpaired) electrons. The summed E-state index contributed by atoms with van der Waals surface area (Å²) in [5.41, 5.74) is 1.21. The van der Waals surface area contributed by atoms with Crippen molar-refractivity contribution >= 4 is 11.8 Å². The Balaban J connectivity index is 1.15. The van der Waals surface area contributed by atoms with Crippen molar-refractivity contribution in [3.8, 4) is 0 Å². The van der Waals surface area contributed by atoms with Gasteiger partial charge in [-0.3, -0.25) is 9.59 Å². The number of hydrogen-bond acceptors (Lipinski definition) is 3. The van der Waals surface area contributed by atoms with E-state index < -0.39 is 0 Å². The molecule has 0 aromatic heterocycles. The number of likely N-dealkylation sites (tertiary alicyclic amines) is 2. The number of aryl methyl sites for hydroxylation is 1. The summed E-state index contributed by atoms with van der Waals surface area (Å²) in [5, 5.41) is 3.68. The fourth-order valence-corrected chi connectivity index (χ4v) is 4.65. The smallest absolute Gasteiger partial charge is 0.225 e. The van der Waals surface area contributed by atoms with E-state index in [2.05, 4.69) is 22.3 Å². The zero-order valence-corrected chi connectivity index (χ0v) is 17.5. The van der Waals surface area contributed by atoms with Crippen molar-refractivity contribution in [1.82, 2.24) is 15.1 Å². The van der Waals surface area contributed by atoms with Crippen LogP contribution in [0.15, 0.2) is 30.3 Å². The lowest BCUT2D eigenvalue weighted by Crippen LogP contribution is -2.49. The van der Waals surface area contributed by atoms with Crippen molar-refractivity contribution in [2.45, 2.75) is 57.4 Å². The predicted molar refractivity (Wildman–Crippen MR) is 114 cm³/mol. The highest BCUT2D eigenvalue weighted by atomic mass is 16.2. The number of piperidine rings is 2. The molecule has 0 bridgehead atoms. The van der Waals surface area contributed by atoms with Gasteiger partial charge in [0, 0.05) is 44.6 Å². The third-order valence-electron chi connectivity index (χ3n) is 6.87. The number of amides is 2. The Morgan fingerprint density at radius 3 is 2.17 bits per heavy atom. The lowest BCUT2D eigenvalue weighted by Gasteiger charge is -2.37. The number of hydrogen-bond donors (Lipinski definition) is 1. The van der Waals surface area contributed by atoms with E-state index in [9.17, 15) is 9.59 Å². The molecule has 4 rings (SSSR count). The van der Waals surface area contributed by atoms with Gasteiger partial charge in [-0.1, -0.05) is 30.3 Å². The van der Waals surface area contributed by atoms with Gasteiger partial charge in [-0.25, -0.2) is 0 Å². The van der Waals surface area contributed by atoms with Gasteiger partial charge in [0.25, 0.3) is 0 Å². The summed E-state index contributed by atoms with van der Waals surface area (Å²) in [6.45, 7) is 4.39. The van der Waals surface area contributed by atoms with Crippen molar-refractivity contribution in [1.29, 1.82) is 0 Å². The first-order valence-corrected chi connectivity index (χ1v) is 11.5. The molecular weight excluding hydrogens is 362 g/mol. The molecule has 29 heavy (non-hydrogen) atoms. The van der Waals surface area contributed by atoms with Crippen molar-refractivity contribution < 1.29 is 9.59 Å². The van der Waals surface area contributed by atoms with Crippen LogP contribution in [0.2, 0.25) is 0 Å². The highest BCUT2D eigenvalue weighted by molar-refractivity contribution is 5.80. The lowest BCUT2D eigenvalue weighted by molar-refractivity contribution is -0.141. The summed E-state index contributed by atoms with van der Waals surface area (Å²) in [7, 11) is 0. The van der Waals surface area contributed by atoms with Crippen molar-refractivity contribution in [3.05, 3.63) is 35.9 Å². The van der Waals surface area contributed by atoms with Crippen molar-refractivity contribution in [2.24, 2.45) is 11.8 Å². The van der Waals surface area contributed by atoms with Crippen molar-refractivity contribution in [3.63, 3.8) is 0 Å². The molecule has 1 aromatic carbocycles. The van der Waals surface area contributed by atoms with Gasteiger partial charge in [-0.15, -0.1) is 0 Å². The minimum absolute atomic E-state index is 0.101. The molecule has 0 unspecified atom stereocenters. The molecule has 0 atom stereocenters. The highest BCUT2D eigenvalue weighted by Crippen LogP contribution is 2.28. The molecule has 5 heteroatoms. The zero-order chi connectivity index (χ0) is 20.1. The third kappa shape index (κ3) is 5.81. The molecule has 2 heterocycles. The van der Waals surface area contributed by atoms with Crippen molar-refractivity contribution in [2.75, 3.05) is 32.7 Å². The first-order chi connectivity index (χ1) is 14.2. The summed E-state index contributed by atoms with van der Waals surface area (Å²) in [6.07, 6.45) is 7.91. The Labute approximate surface area is 174 Å². The maximum atomic E-state index is 12.9. The number of carbonyl (C=O) groups is 2. The van der Waals surface area contributed by atoms with E-state index >= 15 is 0 Å². The zero-order valence-electron chi connectivity index (χ0n) is 17.5. The average molecular weight is 398 g/mol. The third-order valence-corrected chi connectivity index (χ3v) is 6.87. The first kappa shape index (κ1) is 20.4. The second-order valence-corrected chi connectivity index (χ2v) is 9.09. The Hall–Kier alpha value is -1.88. The number of carbonyl (C=O) groups excluding carboxylic acids is 2. The fourth-order valence-electron chi connectivity index (χ4n) is 4.65. The highest BCUT2D eigenvalue weighted by Gasteiger charge is 2.32. The molecule has 3 fully saturated rings. The van der Waals surface area contributed by atoms with Crippen LogP contribution >= 0.6 is 0 Å². The van der Waals surface area contributed by atoms with Crippen LogP contribution in [0, 0.1) is 11.8 Å². The van der Waals surface area contributed by atoms with E-state index in [0.717, 1.165) is 70.7 Å². The first-order valence-electron chi connectivity index (χ1n) is 11.5. The summed E-state index contributed by atoms with van der Waals surface area (Å²) in [4.78, 5) is 29.5. The van der Waals surface area contributed by atoms with Crippen LogP contribution in [-0.2, 0) is 16.0 Å². The second-order valence-electron chi connectivity index (χ2n) is 9.09. The van der Waals surface area contributed by atoms with Gasteiger partial charge >= 0.3 is 0 Å². The van der Waals surface area contributed by atoms with Crippen LogP contribution in [0.5, 0.6) is 0 Å². The average Bonchev–Trinajstić information content (AvgIpc) is 3.61. The quantitative estimate of drug-likeness (QED) is 0.770. The minimum atomic E-state index is 0.101. The summed E-state index contributed by atoms with van der Waals surface area (Å²) >= 11 is 0. The second kappa shape index (κ2) is 9.75. The number of nitrogens with zero attached hydrogens (tertiary/aromatic N) is 2. The van der Waals surface area contributed by atoms with Crippen LogP contribution < -0.4 is 5.32 Å². The topological polar surface area (TPSA) is 52.7 Å². The maximum absolute atomic E-state index is 12.9. The lowest BCUT2D eigenvalue weighted by atomic mass is 9.93. The Morgan fingerprint density at radius 2 is 1.52 bits per heavy atom. The fraction of sp³-hybridized carbons (Fsp3) is 0.667. The Bertz CT molecular complexity index is 673. The summed E-state index contributed by atoms with van der Waals surface area (Å²) < 4.78 is 0. The van der Waals surface area contributed by atoms with Crippen LogP contribution in [0.1, 0.15) is 50.5 Å². The van der Waals surface area contributed by atoms with E-state index in [1.165, 1.54) is 18.4 Å². The summed E-state index contributed by atoms with van der Waals surface area (Å²) in [5.74, 6) is 1.56. The molecule has 1 saturated carbocycles. The molecule has 3 aliphatic rings. The standard InChI is InChI=1S/C24H35N3O2/c28-23(9-8-19-4-2-1-3-5-19)26-14-10-21(11-15-26)24(29)27-16-12-22(13-17-27)25-18-20-6-7-20/h1-5,20-22,25H,6-18H2. The van der Waals surface area contributed by atoms with Gasteiger partial charge in [0.15, 0.2) is 0 Å². The van der Waals surface area contributed by atoms with Gasteiger partial charge in [0.2, 0.25) is 11.8 Å². The van der Waals surface area contributed by atoms with Gasteiger partial charge in [-0.2, -0.15) is 0 Å². The molecule has 2 amide bonds. The van der Waals surface area contributed by atoms with Crippen LogP contribution in [0.4, 0.5) is 0 Å². The van der Waals surface area contributed by atoms with Crippen LogP contribution in [-0.4, -0.2) is 60.4 Å². The van der Waals surface area contributed by atoms with E-state index in [0.29, 0.717) is 18.4 Å². The molecule has 158 valence electrons. The van der Waals surface area contributed by atoms with Gasteiger partial charge < -0.3 is 15.1 Å². The molecule has 0 spiro atoms. The molecular formula is C24H35N3O2.